The molecule has 1 heterocycles. The quantitative estimate of drug-likeness (QED) is 0.787. The van der Waals surface area contributed by atoms with Gasteiger partial charge in [0.15, 0.2) is 0 Å². The van der Waals surface area contributed by atoms with E-state index in [0.29, 0.717) is 0 Å². The van der Waals surface area contributed by atoms with Crippen molar-refractivity contribution in [2.75, 3.05) is 38.3 Å². The molecule has 0 saturated heterocycles. The molecule has 2 rings (SSSR count). The van der Waals surface area contributed by atoms with Crippen molar-refractivity contribution in [3.63, 3.8) is 0 Å². The van der Waals surface area contributed by atoms with Gasteiger partial charge in [-0.2, -0.15) is 0 Å². The van der Waals surface area contributed by atoms with Gasteiger partial charge < -0.3 is 15.0 Å². The largest absolute Gasteiger partial charge is 0.383 e. The van der Waals surface area contributed by atoms with Gasteiger partial charge in [-0.3, -0.25) is 4.79 Å². The van der Waals surface area contributed by atoms with Gasteiger partial charge in [0.05, 0.1) is 6.61 Å². The zero-order chi connectivity index (χ0) is 13.7. The first kappa shape index (κ1) is 14.0. The fourth-order valence-corrected chi connectivity index (χ4v) is 2.47. The molecule has 104 valence electrons. The van der Waals surface area contributed by atoms with E-state index < -0.39 is 0 Å². The van der Waals surface area contributed by atoms with Crippen LogP contribution in [0.3, 0.4) is 0 Å². The number of hydrogen-bond acceptors (Lipinski definition) is 3. The molecule has 1 aliphatic heterocycles. The van der Waals surface area contributed by atoms with Gasteiger partial charge in [0, 0.05) is 32.8 Å². The number of carbonyl (C=O) groups excluding carboxylic acids is 1. The second-order valence-corrected chi connectivity index (χ2v) is 4.88. The number of benzene rings is 1. The van der Waals surface area contributed by atoms with Crippen molar-refractivity contribution in [1.82, 2.24) is 5.32 Å². The summed E-state index contributed by atoms with van der Waals surface area (Å²) in [6.45, 7) is 5.04. The lowest BCUT2D eigenvalue weighted by molar-refractivity contribution is -0.116. The van der Waals surface area contributed by atoms with Crippen LogP contribution in [-0.4, -0.2) is 39.3 Å². The van der Waals surface area contributed by atoms with E-state index in [9.17, 15) is 4.79 Å². The minimum Gasteiger partial charge on any atom is -0.383 e. The topological polar surface area (TPSA) is 41.6 Å². The van der Waals surface area contributed by atoms with Gasteiger partial charge in [-0.25, -0.2) is 0 Å². The molecule has 0 unspecified atom stereocenters. The normalized spacial score (nSPS) is 13.7. The van der Waals surface area contributed by atoms with E-state index >= 15 is 0 Å². The second kappa shape index (κ2) is 6.68. The molecule has 1 aromatic rings. The smallest absolute Gasteiger partial charge is 0.223 e. The number of anilines is 1. The minimum atomic E-state index is 0.132. The third kappa shape index (κ3) is 3.55. The summed E-state index contributed by atoms with van der Waals surface area (Å²) in [6.07, 6.45) is 1.98. The molecule has 4 nitrogen and oxygen atoms in total. The van der Waals surface area contributed by atoms with Gasteiger partial charge in [0.1, 0.15) is 0 Å². The fraction of sp³-hybridized carbons (Fsp3) is 0.533. The number of ether oxygens (including phenoxy) is 1. The lowest BCUT2D eigenvalue weighted by atomic mass is 10.1. The number of methoxy groups -OCH3 is 1. The molecule has 1 N–H and O–H groups in total. The van der Waals surface area contributed by atoms with E-state index in [4.69, 9.17) is 4.74 Å². The Hall–Kier alpha value is -1.39. The minimum absolute atomic E-state index is 0.132. The highest BCUT2D eigenvalue weighted by Crippen LogP contribution is 2.28. The van der Waals surface area contributed by atoms with Crippen molar-refractivity contribution in [3.05, 3.63) is 29.3 Å². The highest BCUT2D eigenvalue weighted by Gasteiger charge is 2.21. The Labute approximate surface area is 114 Å². The van der Waals surface area contributed by atoms with Gasteiger partial charge in [-0.05, 0) is 36.6 Å². The Morgan fingerprint density at radius 2 is 2.26 bits per heavy atom. The summed E-state index contributed by atoms with van der Waals surface area (Å²) in [5, 5.41) is 3.34. The summed E-state index contributed by atoms with van der Waals surface area (Å²) >= 11 is 0. The predicted octanol–water partition coefficient (Wildman–Crippen LogP) is 1.37. The Bertz CT molecular complexity index is 446. The molecular weight excluding hydrogens is 240 g/mol. The summed E-state index contributed by atoms with van der Waals surface area (Å²) in [7, 11) is 1.71. The van der Waals surface area contributed by atoms with E-state index in [1.807, 2.05) is 4.90 Å². The zero-order valence-corrected chi connectivity index (χ0v) is 11.7. The van der Waals surface area contributed by atoms with Crippen LogP contribution in [0.5, 0.6) is 0 Å². The maximum absolute atomic E-state index is 11.5. The average Bonchev–Trinajstić information content (AvgIpc) is 2.81. The molecule has 0 aromatic heterocycles. The summed E-state index contributed by atoms with van der Waals surface area (Å²) < 4.78 is 4.99. The molecule has 0 radical (unpaired) electrons. The molecule has 0 spiro atoms. The van der Waals surface area contributed by atoms with E-state index in [0.717, 1.165) is 44.8 Å². The van der Waals surface area contributed by atoms with E-state index in [1.165, 1.54) is 11.1 Å². The molecule has 4 heteroatoms. The van der Waals surface area contributed by atoms with E-state index in [2.05, 4.69) is 23.5 Å². The number of fused-ring (bicyclic) bond motifs is 1. The summed E-state index contributed by atoms with van der Waals surface area (Å²) in [4.78, 5) is 13.3. The van der Waals surface area contributed by atoms with Gasteiger partial charge in [0.2, 0.25) is 5.91 Å². The number of rotatable bonds is 6. The predicted molar refractivity (Wildman–Crippen MR) is 76.6 cm³/mol. The van der Waals surface area contributed by atoms with Crippen LogP contribution in [0.15, 0.2) is 18.2 Å². The Morgan fingerprint density at radius 3 is 3.00 bits per heavy atom. The van der Waals surface area contributed by atoms with Crippen molar-refractivity contribution < 1.29 is 9.53 Å². The SMILES string of the molecule is COCCNCCc1ccc2c(c1)CCN2C(C)=O. The van der Waals surface area contributed by atoms with E-state index in [-0.39, 0.29) is 5.91 Å². The third-order valence-corrected chi connectivity index (χ3v) is 3.49. The molecule has 0 atom stereocenters. The first-order valence-electron chi connectivity index (χ1n) is 6.82. The molecule has 0 bridgehead atoms. The molecule has 1 aliphatic rings. The standard InChI is InChI=1S/C15H22N2O2/c1-12(18)17-9-6-14-11-13(3-4-15(14)17)5-7-16-8-10-19-2/h3-4,11,16H,5-10H2,1-2H3. The number of amides is 1. The number of nitrogens with one attached hydrogen (secondary N) is 1. The lowest BCUT2D eigenvalue weighted by Gasteiger charge is -2.14. The summed E-state index contributed by atoms with van der Waals surface area (Å²) in [6, 6.07) is 6.43. The van der Waals surface area contributed by atoms with Crippen LogP contribution < -0.4 is 10.2 Å². The van der Waals surface area contributed by atoms with Crippen LogP contribution in [0.25, 0.3) is 0 Å². The maximum atomic E-state index is 11.5. The van der Waals surface area contributed by atoms with Crippen molar-refractivity contribution >= 4 is 11.6 Å². The average molecular weight is 262 g/mol. The van der Waals surface area contributed by atoms with Gasteiger partial charge >= 0.3 is 0 Å². The molecule has 19 heavy (non-hydrogen) atoms. The molecule has 0 fully saturated rings. The van der Waals surface area contributed by atoms with Crippen LogP contribution in [0, 0.1) is 0 Å². The first-order chi connectivity index (χ1) is 9.22. The molecule has 0 aliphatic carbocycles. The van der Waals surface area contributed by atoms with Gasteiger partial charge in [0.25, 0.3) is 0 Å². The highest BCUT2D eigenvalue weighted by molar-refractivity contribution is 5.93. The van der Waals surface area contributed by atoms with Gasteiger partial charge in [-0.15, -0.1) is 0 Å². The van der Waals surface area contributed by atoms with Crippen LogP contribution in [0.1, 0.15) is 18.1 Å². The van der Waals surface area contributed by atoms with Crippen LogP contribution in [0.2, 0.25) is 0 Å². The second-order valence-electron chi connectivity index (χ2n) is 4.88. The van der Waals surface area contributed by atoms with Crippen molar-refractivity contribution in [3.8, 4) is 0 Å². The van der Waals surface area contributed by atoms with Crippen molar-refractivity contribution in [1.29, 1.82) is 0 Å². The lowest BCUT2D eigenvalue weighted by Crippen LogP contribution is -2.25. The Kier molecular flexibility index (Phi) is 4.93. The fourth-order valence-electron chi connectivity index (χ4n) is 2.47. The van der Waals surface area contributed by atoms with Crippen molar-refractivity contribution in [2.45, 2.75) is 19.8 Å². The summed E-state index contributed by atoms with van der Waals surface area (Å²) in [5.41, 5.74) is 3.71. The third-order valence-electron chi connectivity index (χ3n) is 3.49. The molecule has 1 amide bonds. The highest BCUT2D eigenvalue weighted by atomic mass is 16.5. The maximum Gasteiger partial charge on any atom is 0.223 e. The van der Waals surface area contributed by atoms with Gasteiger partial charge in [-0.1, -0.05) is 12.1 Å². The molecular formula is C15H22N2O2. The monoisotopic (exact) mass is 262 g/mol. The number of hydrogen-bond donors (Lipinski definition) is 1. The summed E-state index contributed by atoms with van der Waals surface area (Å²) in [5.74, 6) is 0.132. The van der Waals surface area contributed by atoms with Crippen LogP contribution in [-0.2, 0) is 22.4 Å². The van der Waals surface area contributed by atoms with Crippen molar-refractivity contribution in [2.24, 2.45) is 0 Å². The number of carbonyl (C=O) groups is 1. The zero-order valence-electron chi connectivity index (χ0n) is 11.7. The molecule has 0 saturated carbocycles. The van der Waals surface area contributed by atoms with Crippen LogP contribution >= 0.6 is 0 Å². The first-order valence-corrected chi connectivity index (χ1v) is 6.82. The van der Waals surface area contributed by atoms with Crippen LogP contribution in [0.4, 0.5) is 5.69 Å². The molecule has 1 aromatic carbocycles. The Balaban J connectivity index is 1.90. The number of nitrogens with zero attached hydrogens (tertiary/aromatic N) is 1. The Morgan fingerprint density at radius 1 is 1.42 bits per heavy atom. The van der Waals surface area contributed by atoms with E-state index in [1.54, 1.807) is 14.0 Å².